The van der Waals surface area contributed by atoms with Gasteiger partial charge in [-0.3, -0.25) is 4.98 Å². The van der Waals surface area contributed by atoms with Crippen LogP contribution in [0.3, 0.4) is 0 Å². The predicted octanol–water partition coefficient (Wildman–Crippen LogP) is 5.69. The van der Waals surface area contributed by atoms with Crippen LogP contribution in [0.25, 0.3) is 22.9 Å². The molecule has 29 heavy (non-hydrogen) atoms. The van der Waals surface area contributed by atoms with Gasteiger partial charge in [0.25, 0.3) is 0 Å². The zero-order valence-corrected chi connectivity index (χ0v) is 16.0. The Morgan fingerprint density at radius 1 is 0.897 bits per heavy atom. The quantitative estimate of drug-likeness (QED) is 0.392. The molecule has 0 aliphatic carbocycles. The maximum absolute atomic E-state index is 13.0. The second-order valence-electron chi connectivity index (χ2n) is 5.98. The van der Waals surface area contributed by atoms with Crippen LogP contribution in [0, 0.1) is 0 Å². The van der Waals surface area contributed by atoms with Crippen molar-refractivity contribution >= 4 is 11.8 Å². The fraction of sp³-hybridized carbons (Fsp3) is 0.278. The van der Waals surface area contributed by atoms with Crippen LogP contribution in [0.1, 0.15) is 18.1 Å². The highest BCUT2D eigenvalue weighted by Crippen LogP contribution is 2.38. The van der Waals surface area contributed by atoms with E-state index in [0.29, 0.717) is 16.2 Å². The molecule has 4 nitrogen and oxygen atoms in total. The van der Waals surface area contributed by atoms with E-state index in [-0.39, 0.29) is 17.3 Å². The number of rotatable bonds is 4. The number of alkyl halides is 6. The van der Waals surface area contributed by atoms with Crippen LogP contribution < -0.4 is 0 Å². The monoisotopic (exact) mass is 432 g/mol. The van der Waals surface area contributed by atoms with Crippen molar-refractivity contribution in [3.8, 4) is 22.9 Å². The highest BCUT2D eigenvalue weighted by molar-refractivity contribution is 7.99. The third-order valence-electron chi connectivity index (χ3n) is 4.04. The molecule has 11 heteroatoms. The third-order valence-corrected chi connectivity index (χ3v) is 4.98. The van der Waals surface area contributed by atoms with Gasteiger partial charge in [0.2, 0.25) is 0 Å². The standard InChI is InChI=1S/C18H14F6N4S/c1-3-29-14-9-10(17(19,20)21)4-5-12(14)15-26-27-16(28(15)2)13-8-11(6-7-25-13)18(22,23)24/h4-9H,3H2,1-2H3. The Bertz CT molecular complexity index is 1030. The molecule has 3 rings (SSSR count). The van der Waals surface area contributed by atoms with Crippen LogP contribution in [-0.4, -0.2) is 25.5 Å². The van der Waals surface area contributed by atoms with Crippen LogP contribution in [0.2, 0.25) is 0 Å². The molecular weight excluding hydrogens is 418 g/mol. The average Bonchev–Trinajstić information content (AvgIpc) is 3.02. The summed E-state index contributed by atoms with van der Waals surface area (Å²) in [6, 6.07) is 4.94. The first kappa shape index (κ1) is 21.2. The molecule has 2 heterocycles. The number of nitrogens with zero attached hydrogens (tertiary/aromatic N) is 4. The Balaban J connectivity index is 2.08. The fourth-order valence-corrected chi connectivity index (χ4v) is 3.51. The van der Waals surface area contributed by atoms with Crippen molar-refractivity contribution in [2.24, 2.45) is 7.05 Å². The first-order valence-electron chi connectivity index (χ1n) is 8.29. The Labute approximate surface area is 166 Å². The maximum Gasteiger partial charge on any atom is 0.416 e. The molecule has 0 aliphatic heterocycles. The van der Waals surface area contributed by atoms with Crippen molar-refractivity contribution in [2.75, 3.05) is 5.75 Å². The summed E-state index contributed by atoms with van der Waals surface area (Å²) >= 11 is 1.20. The van der Waals surface area contributed by atoms with Crippen LogP contribution in [-0.2, 0) is 19.4 Å². The molecule has 0 amide bonds. The summed E-state index contributed by atoms with van der Waals surface area (Å²) in [7, 11) is 1.52. The van der Waals surface area contributed by atoms with Crippen LogP contribution >= 0.6 is 11.8 Å². The van der Waals surface area contributed by atoms with Crippen molar-refractivity contribution in [3.63, 3.8) is 0 Å². The van der Waals surface area contributed by atoms with Crippen LogP contribution in [0.15, 0.2) is 41.4 Å². The maximum atomic E-state index is 13.0. The van der Waals surface area contributed by atoms with Gasteiger partial charge in [0.1, 0.15) is 5.69 Å². The lowest BCUT2D eigenvalue weighted by Crippen LogP contribution is -2.07. The van der Waals surface area contributed by atoms with Crippen molar-refractivity contribution < 1.29 is 26.3 Å². The number of hydrogen-bond acceptors (Lipinski definition) is 4. The second kappa shape index (κ2) is 7.69. The minimum Gasteiger partial charge on any atom is -0.309 e. The summed E-state index contributed by atoms with van der Waals surface area (Å²) in [5.41, 5.74) is -1.32. The summed E-state index contributed by atoms with van der Waals surface area (Å²) in [6.07, 6.45) is -8.02. The Morgan fingerprint density at radius 2 is 1.52 bits per heavy atom. The van der Waals surface area contributed by atoms with Gasteiger partial charge in [-0.15, -0.1) is 22.0 Å². The zero-order valence-electron chi connectivity index (χ0n) is 15.1. The SMILES string of the molecule is CCSc1cc(C(F)(F)F)ccc1-c1nnc(-c2cc(C(F)(F)F)ccn2)n1C. The normalized spacial score (nSPS) is 12.4. The van der Waals surface area contributed by atoms with Crippen molar-refractivity contribution in [1.29, 1.82) is 0 Å². The Kier molecular flexibility index (Phi) is 5.61. The summed E-state index contributed by atoms with van der Waals surface area (Å²) in [5.74, 6) is 0.816. The molecule has 3 aromatic rings. The van der Waals surface area contributed by atoms with Gasteiger partial charge in [0, 0.05) is 23.7 Å². The fourth-order valence-electron chi connectivity index (χ4n) is 2.67. The van der Waals surface area contributed by atoms with Gasteiger partial charge in [-0.2, -0.15) is 26.3 Å². The molecule has 2 aromatic heterocycles. The summed E-state index contributed by atoms with van der Waals surface area (Å²) in [6.45, 7) is 1.80. The molecule has 0 aliphatic rings. The lowest BCUT2D eigenvalue weighted by Gasteiger charge is -2.13. The first-order chi connectivity index (χ1) is 13.5. The van der Waals surface area contributed by atoms with Gasteiger partial charge < -0.3 is 4.57 Å². The molecule has 0 saturated heterocycles. The number of hydrogen-bond donors (Lipinski definition) is 0. The summed E-state index contributed by atoms with van der Waals surface area (Å²) in [5, 5.41) is 7.90. The average molecular weight is 432 g/mol. The molecule has 154 valence electrons. The molecular formula is C18H14F6N4S. The highest BCUT2D eigenvalue weighted by Gasteiger charge is 2.32. The van der Waals surface area contributed by atoms with Crippen molar-refractivity contribution in [3.05, 3.63) is 47.7 Å². The summed E-state index contributed by atoms with van der Waals surface area (Å²) in [4.78, 5) is 4.27. The van der Waals surface area contributed by atoms with Gasteiger partial charge in [-0.1, -0.05) is 6.92 Å². The van der Waals surface area contributed by atoms with E-state index < -0.39 is 23.5 Å². The van der Waals surface area contributed by atoms with Crippen LogP contribution in [0.5, 0.6) is 0 Å². The van der Waals surface area contributed by atoms with E-state index in [1.807, 2.05) is 0 Å². The number of aromatic nitrogens is 4. The van der Waals surface area contributed by atoms with Gasteiger partial charge in [-0.05, 0) is 36.1 Å². The van der Waals surface area contributed by atoms with E-state index >= 15 is 0 Å². The molecule has 0 saturated carbocycles. The Morgan fingerprint density at radius 3 is 2.14 bits per heavy atom. The third kappa shape index (κ3) is 4.39. The van der Waals surface area contributed by atoms with Gasteiger partial charge >= 0.3 is 12.4 Å². The molecule has 1 aromatic carbocycles. The van der Waals surface area contributed by atoms with Crippen molar-refractivity contribution in [1.82, 2.24) is 19.7 Å². The lowest BCUT2D eigenvalue weighted by molar-refractivity contribution is -0.138. The van der Waals surface area contributed by atoms with E-state index in [4.69, 9.17) is 0 Å². The van der Waals surface area contributed by atoms with E-state index in [9.17, 15) is 26.3 Å². The van der Waals surface area contributed by atoms with Crippen molar-refractivity contribution in [2.45, 2.75) is 24.2 Å². The number of pyridine rings is 1. The van der Waals surface area contributed by atoms with E-state index in [2.05, 4.69) is 15.2 Å². The second-order valence-corrected chi connectivity index (χ2v) is 7.28. The lowest BCUT2D eigenvalue weighted by atomic mass is 10.1. The van der Waals surface area contributed by atoms with Gasteiger partial charge in [-0.25, -0.2) is 0 Å². The zero-order chi connectivity index (χ0) is 21.4. The van der Waals surface area contributed by atoms with Gasteiger partial charge in [0.05, 0.1) is 11.1 Å². The molecule has 0 unspecified atom stereocenters. The molecule has 0 fully saturated rings. The first-order valence-corrected chi connectivity index (χ1v) is 9.28. The molecule has 0 spiro atoms. The molecule has 0 bridgehead atoms. The molecule has 0 atom stereocenters. The predicted molar refractivity (Wildman–Crippen MR) is 96.1 cm³/mol. The van der Waals surface area contributed by atoms with E-state index in [1.54, 1.807) is 6.92 Å². The minimum absolute atomic E-state index is 0.0438. The number of benzene rings is 1. The Hall–Kier alpha value is -2.56. The molecule has 0 radical (unpaired) electrons. The highest BCUT2D eigenvalue weighted by atomic mass is 32.2. The van der Waals surface area contributed by atoms with Gasteiger partial charge in [0.15, 0.2) is 11.6 Å². The minimum atomic E-state index is -4.54. The smallest absolute Gasteiger partial charge is 0.309 e. The molecule has 0 N–H and O–H groups in total. The topological polar surface area (TPSA) is 43.6 Å². The largest absolute Gasteiger partial charge is 0.416 e. The summed E-state index contributed by atoms with van der Waals surface area (Å²) < 4.78 is 79.4. The number of halogens is 6. The number of thioether (sulfide) groups is 1. The van der Waals surface area contributed by atoms with E-state index in [1.165, 1.54) is 29.4 Å². The van der Waals surface area contributed by atoms with Crippen LogP contribution in [0.4, 0.5) is 26.3 Å². The van der Waals surface area contributed by atoms with E-state index in [0.717, 1.165) is 30.5 Å².